The van der Waals surface area contributed by atoms with Crippen LogP contribution in [-0.2, 0) is 9.53 Å². The second-order valence-electron chi connectivity index (χ2n) is 4.47. The zero-order chi connectivity index (χ0) is 13.8. The second kappa shape index (κ2) is 6.38. The van der Waals surface area contributed by atoms with E-state index < -0.39 is 24.9 Å². The summed E-state index contributed by atoms with van der Waals surface area (Å²) in [7, 11) is 1.58. The van der Waals surface area contributed by atoms with Crippen molar-refractivity contribution in [3.8, 4) is 0 Å². The fraction of sp³-hybridized carbons (Fsp3) is 0.909. The highest BCUT2D eigenvalue weighted by molar-refractivity contribution is 5.76. The Labute approximate surface area is 104 Å². The summed E-state index contributed by atoms with van der Waals surface area (Å²) in [5.41, 5.74) is 5.56. The molecule has 4 nitrogen and oxygen atoms in total. The lowest BCUT2D eigenvalue weighted by Crippen LogP contribution is -2.51. The Kier molecular flexibility index (Phi) is 5.40. The molecule has 0 aromatic rings. The highest BCUT2D eigenvalue weighted by Gasteiger charge is 2.33. The number of amides is 1. The number of likely N-dealkylation sites (tertiary alicyclic amines) is 1. The Bertz CT molecular complexity index is 284. The molecule has 0 aromatic carbocycles. The van der Waals surface area contributed by atoms with Crippen molar-refractivity contribution < 1.29 is 22.7 Å². The topological polar surface area (TPSA) is 55.6 Å². The van der Waals surface area contributed by atoms with Crippen LogP contribution in [0, 0.1) is 0 Å². The fourth-order valence-electron chi connectivity index (χ4n) is 2.17. The summed E-state index contributed by atoms with van der Waals surface area (Å²) in [5, 5.41) is 0. The number of alkyl halides is 3. The molecule has 2 N–H and O–H groups in total. The van der Waals surface area contributed by atoms with Gasteiger partial charge in [-0.25, -0.2) is 0 Å². The van der Waals surface area contributed by atoms with E-state index in [-0.39, 0.29) is 18.7 Å². The van der Waals surface area contributed by atoms with Crippen LogP contribution in [0.25, 0.3) is 0 Å². The molecule has 0 aliphatic carbocycles. The standard InChI is InChI=1S/C11H19F3N2O2/c1-18-9-3-5-16(8(6-9)7-15)10(17)2-4-11(12,13)14/h8-9H,2-7,15H2,1H3. The minimum atomic E-state index is -4.29. The van der Waals surface area contributed by atoms with Gasteiger partial charge in [-0.2, -0.15) is 13.2 Å². The zero-order valence-electron chi connectivity index (χ0n) is 10.4. The zero-order valence-corrected chi connectivity index (χ0v) is 10.4. The third-order valence-corrected chi connectivity index (χ3v) is 3.22. The van der Waals surface area contributed by atoms with E-state index in [2.05, 4.69) is 0 Å². The van der Waals surface area contributed by atoms with Crippen molar-refractivity contribution in [1.82, 2.24) is 4.90 Å². The van der Waals surface area contributed by atoms with Gasteiger partial charge in [-0.05, 0) is 12.8 Å². The van der Waals surface area contributed by atoms with Crippen LogP contribution < -0.4 is 5.73 Å². The van der Waals surface area contributed by atoms with Gasteiger partial charge < -0.3 is 15.4 Å². The summed E-state index contributed by atoms with van der Waals surface area (Å²) in [6.07, 6.45) is -4.61. The average Bonchev–Trinajstić information content (AvgIpc) is 2.34. The summed E-state index contributed by atoms with van der Waals surface area (Å²) >= 11 is 0. The van der Waals surface area contributed by atoms with Gasteiger partial charge in [0.15, 0.2) is 0 Å². The van der Waals surface area contributed by atoms with E-state index in [0.29, 0.717) is 19.4 Å². The van der Waals surface area contributed by atoms with Gasteiger partial charge in [-0.15, -0.1) is 0 Å². The van der Waals surface area contributed by atoms with Crippen LogP contribution >= 0.6 is 0 Å². The Morgan fingerprint density at radius 2 is 2.17 bits per heavy atom. The van der Waals surface area contributed by atoms with E-state index in [4.69, 9.17) is 10.5 Å². The molecule has 1 fully saturated rings. The van der Waals surface area contributed by atoms with Crippen LogP contribution in [0.5, 0.6) is 0 Å². The Hall–Kier alpha value is -0.820. The second-order valence-corrected chi connectivity index (χ2v) is 4.47. The van der Waals surface area contributed by atoms with Gasteiger partial charge in [0.25, 0.3) is 0 Å². The molecule has 1 aliphatic rings. The number of hydrogen-bond donors (Lipinski definition) is 1. The van der Waals surface area contributed by atoms with E-state index in [1.807, 2.05) is 0 Å². The number of hydrogen-bond acceptors (Lipinski definition) is 3. The van der Waals surface area contributed by atoms with E-state index in [9.17, 15) is 18.0 Å². The maximum atomic E-state index is 12.1. The number of carbonyl (C=O) groups is 1. The molecule has 0 spiro atoms. The van der Waals surface area contributed by atoms with Gasteiger partial charge in [0.2, 0.25) is 5.91 Å². The first-order valence-electron chi connectivity index (χ1n) is 5.96. The van der Waals surface area contributed by atoms with E-state index >= 15 is 0 Å². The Balaban J connectivity index is 2.51. The number of carbonyl (C=O) groups excluding carboxylic acids is 1. The van der Waals surface area contributed by atoms with Gasteiger partial charge in [0, 0.05) is 32.7 Å². The summed E-state index contributed by atoms with van der Waals surface area (Å²) in [6.45, 7) is 0.661. The van der Waals surface area contributed by atoms with E-state index in [1.54, 1.807) is 7.11 Å². The summed E-state index contributed by atoms with van der Waals surface area (Å²) in [4.78, 5) is 13.2. The normalized spacial score (nSPS) is 25.3. The van der Waals surface area contributed by atoms with Crippen LogP contribution in [0.2, 0.25) is 0 Å². The lowest BCUT2D eigenvalue weighted by Gasteiger charge is -2.38. The van der Waals surface area contributed by atoms with Crippen LogP contribution in [0.15, 0.2) is 0 Å². The van der Waals surface area contributed by atoms with Crippen molar-refractivity contribution in [2.45, 2.75) is 44.0 Å². The molecule has 1 saturated heterocycles. The molecule has 106 valence electrons. The molecular formula is C11H19F3N2O2. The first-order valence-corrected chi connectivity index (χ1v) is 5.96. The predicted octanol–water partition coefficient (Wildman–Crippen LogP) is 1.29. The lowest BCUT2D eigenvalue weighted by molar-refractivity contribution is -0.152. The molecule has 0 radical (unpaired) electrons. The minimum Gasteiger partial charge on any atom is -0.381 e. The number of rotatable bonds is 4. The predicted molar refractivity (Wildman–Crippen MR) is 59.9 cm³/mol. The highest BCUT2D eigenvalue weighted by atomic mass is 19.4. The van der Waals surface area contributed by atoms with Crippen molar-refractivity contribution in [3.05, 3.63) is 0 Å². The maximum Gasteiger partial charge on any atom is 0.389 e. The number of methoxy groups -OCH3 is 1. The molecule has 1 heterocycles. The van der Waals surface area contributed by atoms with Crippen molar-refractivity contribution in [2.24, 2.45) is 5.73 Å². The molecular weight excluding hydrogens is 249 g/mol. The van der Waals surface area contributed by atoms with E-state index in [1.165, 1.54) is 4.90 Å². The van der Waals surface area contributed by atoms with E-state index in [0.717, 1.165) is 0 Å². The lowest BCUT2D eigenvalue weighted by atomic mass is 9.98. The first-order chi connectivity index (χ1) is 8.37. The number of halogens is 3. The summed E-state index contributed by atoms with van der Waals surface area (Å²) in [6, 6.07) is -0.218. The van der Waals surface area contributed by atoms with Crippen molar-refractivity contribution >= 4 is 5.91 Å². The van der Waals surface area contributed by atoms with Crippen LogP contribution in [-0.4, -0.2) is 49.3 Å². The van der Waals surface area contributed by atoms with Crippen LogP contribution in [0.3, 0.4) is 0 Å². The Morgan fingerprint density at radius 1 is 1.50 bits per heavy atom. The van der Waals surface area contributed by atoms with Gasteiger partial charge >= 0.3 is 6.18 Å². The molecule has 1 aliphatic heterocycles. The largest absolute Gasteiger partial charge is 0.389 e. The Morgan fingerprint density at radius 3 is 2.67 bits per heavy atom. The molecule has 0 saturated carbocycles. The molecule has 1 rings (SSSR count). The van der Waals surface area contributed by atoms with Crippen molar-refractivity contribution in [3.63, 3.8) is 0 Å². The molecule has 2 atom stereocenters. The number of piperidine rings is 1. The number of ether oxygens (including phenoxy) is 1. The first kappa shape index (κ1) is 15.2. The number of nitrogens with zero attached hydrogens (tertiary/aromatic N) is 1. The quantitative estimate of drug-likeness (QED) is 0.836. The van der Waals surface area contributed by atoms with Gasteiger partial charge in [-0.3, -0.25) is 4.79 Å². The highest BCUT2D eigenvalue weighted by Crippen LogP contribution is 2.24. The average molecular weight is 268 g/mol. The molecule has 7 heteroatoms. The fourth-order valence-corrected chi connectivity index (χ4v) is 2.17. The molecule has 0 aromatic heterocycles. The third kappa shape index (κ3) is 4.45. The van der Waals surface area contributed by atoms with Gasteiger partial charge in [0.1, 0.15) is 0 Å². The van der Waals surface area contributed by atoms with Crippen molar-refractivity contribution in [2.75, 3.05) is 20.2 Å². The number of nitrogens with two attached hydrogens (primary N) is 1. The summed E-state index contributed by atoms with van der Waals surface area (Å²) in [5.74, 6) is -0.475. The maximum absolute atomic E-state index is 12.1. The smallest absolute Gasteiger partial charge is 0.381 e. The molecule has 0 bridgehead atoms. The van der Waals surface area contributed by atoms with Crippen LogP contribution in [0.4, 0.5) is 13.2 Å². The third-order valence-electron chi connectivity index (χ3n) is 3.22. The van der Waals surface area contributed by atoms with Gasteiger partial charge in [0.05, 0.1) is 12.5 Å². The SMILES string of the molecule is COC1CCN(C(=O)CCC(F)(F)F)C(CN)C1. The minimum absolute atomic E-state index is 0.0326. The molecule has 18 heavy (non-hydrogen) atoms. The monoisotopic (exact) mass is 268 g/mol. The summed E-state index contributed by atoms with van der Waals surface area (Å²) < 4.78 is 41.4. The molecule has 2 unspecified atom stereocenters. The van der Waals surface area contributed by atoms with Crippen molar-refractivity contribution in [1.29, 1.82) is 0 Å². The van der Waals surface area contributed by atoms with Crippen LogP contribution in [0.1, 0.15) is 25.7 Å². The van der Waals surface area contributed by atoms with Gasteiger partial charge in [-0.1, -0.05) is 0 Å². The molecule has 1 amide bonds.